The fourth-order valence-electron chi connectivity index (χ4n) is 1.88. The number of hydrogen-bond donors (Lipinski definition) is 3. The number of aromatic nitrogens is 2. The lowest BCUT2D eigenvalue weighted by atomic mass is 10.1. The molecule has 1 aromatic heterocycles. The smallest absolute Gasteiger partial charge is 0.305 e. The topological polar surface area (TPSA) is 96.4 Å². The minimum atomic E-state index is -0.831. The van der Waals surface area contributed by atoms with Gasteiger partial charge in [-0.1, -0.05) is 0 Å². The molecule has 0 unspecified atom stereocenters. The van der Waals surface area contributed by atoms with Gasteiger partial charge in [0.05, 0.1) is 6.42 Å². The first-order valence-corrected chi connectivity index (χ1v) is 6.36. The van der Waals surface area contributed by atoms with Gasteiger partial charge in [-0.05, 0) is 12.8 Å². The van der Waals surface area contributed by atoms with Crippen molar-refractivity contribution in [1.29, 1.82) is 0 Å². The van der Waals surface area contributed by atoms with E-state index in [4.69, 9.17) is 9.84 Å². The molecule has 0 radical (unpaired) electrons. The Morgan fingerprint density at radius 3 is 2.84 bits per heavy atom. The molecule has 0 bridgehead atoms. The summed E-state index contributed by atoms with van der Waals surface area (Å²) in [6, 6.07) is 2.16. The molecule has 1 fully saturated rings. The number of aliphatic carboxylic acids is 1. The highest BCUT2D eigenvalue weighted by Gasteiger charge is 2.13. The van der Waals surface area contributed by atoms with Crippen molar-refractivity contribution in [2.45, 2.75) is 25.3 Å². The van der Waals surface area contributed by atoms with Gasteiger partial charge in [0.15, 0.2) is 0 Å². The van der Waals surface area contributed by atoms with E-state index in [1.807, 2.05) is 0 Å². The zero-order chi connectivity index (χ0) is 13.5. The van der Waals surface area contributed by atoms with Crippen LogP contribution < -0.4 is 10.6 Å². The summed E-state index contributed by atoms with van der Waals surface area (Å²) in [4.78, 5) is 18.6. The lowest BCUT2D eigenvalue weighted by Gasteiger charge is -2.23. The number of nitrogens with one attached hydrogen (secondary N) is 2. The van der Waals surface area contributed by atoms with E-state index >= 15 is 0 Å². The molecule has 1 aliphatic heterocycles. The Hall–Kier alpha value is -1.89. The van der Waals surface area contributed by atoms with Crippen molar-refractivity contribution >= 4 is 17.6 Å². The minimum absolute atomic E-state index is 0.0622. The maximum atomic E-state index is 10.4. The summed E-state index contributed by atoms with van der Waals surface area (Å²) >= 11 is 0. The Labute approximate surface area is 111 Å². The average molecular weight is 266 g/mol. The van der Waals surface area contributed by atoms with Crippen molar-refractivity contribution in [1.82, 2.24) is 9.97 Å². The van der Waals surface area contributed by atoms with E-state index in [2.05, 4.69) is 20.6 Å². The van der Waals surface area contributed by atoms with Gasteiger partial charge in [-0.25, -0.2) is 9.97 Å². The van der Waals surface area contributed by atoms with Crippen LogP contribution in [-0.2, 0) is 9.53 Å². The monoisotopic (exact) mass is 266 g/mol. The summed E-state index contributed by atoms with van der Waals surface area (Å²) in [7, 11) is 0. The van der Waals surface area contributed by atoms with Crippen molar-refractivity contribution in [3.8, 4) is 0 Å². The molecule has 19 heavy (non-hydrogen) atoms. The summed E-state index contributed by atoms with van der Waals surface area (Å²) in [5.74, 6) is 0.549. The summed E-state index contributed by atoms with van der Waals surface area (Å²) in [6.45, 7) is 1.89. The highest BCUT2D eigenvalue weighted by Crippen LogP contribution is 2.14. The number of nitrogens with zero attached hydrogens (tertiary/aromatic N) is 2. The Kier molecular flexibility index (Phi) is 4.91. The van der Waals surface area contributed by atoms with Crippen molar-refractivity contribution in [2.24, 2.45) is 0 Å². The van der Waals surface area contributed by atoms with Crippen LogP contribution in [0.2, 0.25) is 0 Å². The number of carboxylic acids is 1. The van der Waals surface area contributed by atoms with Gasteiger partial charge in [0.1, 0.15) is 18.0 Å². The van der Waals surface area contributed by atoms with Crippen LogP contribution in [0.1, 0.15) is 19.3 Å². The van der Waals surface area contributed by atoms with Crippen molar-refractivity contribution < 1.29 is 14.6 Å². The van der Waals surface area contributed by atoms with Gasteiger partial charge in [0, 0.05) is 31.9 Å². The molecule has 0 aromatic carbocycles. The Balaban J connectivity index is 1.85. The third-order valence-electron chi connectivity index (χ3n) is 2.89. The van der Waals surface area contributed by atoms with Crippen molar-refractivity contribution in [3.05, 3.63) is 12.4 Å². The zero-order valence-corrected chi connectivity index (χ0v) is 10.6. The number of carboxylic acid groups (broad SMARTS) is 1. The molecule has 1 aliphatic rings. The third-order valence-corrected chi connectivity index (χ3v) is 2.89. The van der Waals surface area contributed by atoms with Gasteiger partial charge in [-0.3, -0.25) is 4.79 Å². The maximum Gasteiger partial charge on any atom is 0.305 e. The molecule has 7 nitrogen and oxygen atoms in total. The largest absolute Gasteiger partial charge is 0.481 e. The van der Waals surface area contributed by atoms with Gasteiger partial charge in [0.25, 0.3) is 0 Å². The van der Waals surface area contributed by atoms with Crippen LogP contribution in [0.3, 0.4) is 0 Å². The first-order valence-electron chi connectivity index (χ1n) is 6.36. The molecule has 0 aliphatic carbocycles. The first kappa shape index (κ1) is 13.5. The highest BCUT2D eigenvalue weighted by atomic mass is 16.5. The lowest BCUT2D eigenvalue weighted by Crippen LogP contribution is -2.28. The number of ether oxygens (including phenoxy) is 1. The predicted molar refractivity (Wildman–Crippen MR) is 70.2 cm³/mol. The van der Waals surface area contributed by atoms with Gasteiger partial charge in [-0.15, -0.1) is 0 Å². The fraction of sp³-hybridized carbons (Fsp3) is 0.583. The summed E-state index contributed by atoms with van der Waals surface area (Å²) in [5, 5.41) is 14.9. The molecule has 1 aromatic rings. The predicted octanol–water partition coefficient (Wildman–Crippen LogP) is 0.954. The summed E-state index contributed by atoms with van der Waals surface area (Å²) < 4.78 is 5.30. The number of rotatable bonds is 6. The van der Waals surface area contributed by atoms with E-state index < -0.39 is 5.97 Å². The molecular weight excluding hydrogens is 248 g/mol. The quantitative estimate of drug-likeness (QED) is 0.705. The molecule has 0 saturated carbocycles. The van der Waals surface area contributed by atoms with Crippen molar-refractivity contribution in [3.63, 3.8) is 0 Å². The van der Waals surface area contributed by atoms with E-state index in [0.717, 1.165) is 31.9 Å². The molecule has 0 amide bonds. The Morgan fingerprint density at radius 1 is 1.37 bits per heavy atom. The molecule has 2 rings (SSSR count). The normalized spacial score (nSPS) is 16.0. The molecule has 104 valence electrons. The maximum absolute atomic E-state index is 10.4. The van der Waals surface area contributed by atoms with Crippen molar-refractivity contribution in [2.75, 3.05) is 30.4 Å². The SMILES string of the molecule is O=C(O)CCNc1cc(NC2CCOCC2)ncn1. The van der Waals surface area contributed by atoms with E-state index in [-0.39, 0.29) is 6.42 Å². The highest BCUT2D eigenvalue weighted by molar-refractivity contribution is 5.67. The Morgan fingerprint density at radius 2 is 2.11 bits per heavy atom. The molecule has 0 atom stereocenters. The van der Waals surface area contributed by atoms with Crippen LogP contribution >= 0.6 is 0 Å². The van der Waals surface area contributed by atoms with E-state index in [9.17, 15) is 4.79 Å². The molecule has 2 heterocycles. The minimum Gasteiger partial charge on any atom is -0.481 e. The average Bonchev–Trinajstić information content (AvgIpc) is 2.40. The van der Waals surface area contributed by atoms with Gasteiger partial charge in [-0.2, -0.15) is 0 Å². The Bertz CT molecular complexity index is 421. The standard InChI is InChI=1S/C12H18N4O3/c17-12(18)1-4-13-10-7-11(15-8-14-10)16-9-2-5-19-6-3-9/h7-9H,1-6H2,(H,17,18)(H2,13,14,15,16). The summed E-state index contributed by atoms with van der Waals surface area (Å²) in [6.07, 6.45) is 3.45. The van der Waals surface area contributed by atoms with Crippen LogP contribution in [0.5, 0.6) is 0 Å². The third kappa shape index (κ3) is 4.70. The van der Waals surface area contributed by atoms with Crippen LogP contribution in [0.15, 0.2) is 12.4 Å². The van der Waals surface area contributed by atoms with Crippen LogP contribution in [-0.4, -0.2) is 46.8 Å². The number of carbonyl (C=O) groups is 1. The van der Waals surface area contributed by atoms with Gasteiger partial charge < -0.3 is 20.5 Å². The van der Waals surface area contributed by atoms with Crippen LogP contribution in [0.4, 0.5) is 11.6 Å². The lowest BCUT2D eigenvalue weighted by molar-refractivity contribution is -0.136. The van der Waals surface area contributed by atoms with E-state index in [1.54, 1.807) is 6.07 Å². The molecular formula is C12H18N4O3. The van der Waals surface area contributed by atoms with Gasteiger partial charge in [0.2, 0.25) is 0 Å². The van der Waals surface area contributed by atoms with Crippen LogP contribution in [0.25, 0.3) is 0 Å². The summed E-state index contributed by atoms with van der Waals surface area (Å²) in [5.41, 5.74) is 0. The van der Waals surface area contributed by atoms with E-state index in [0.29, 0.717) is 18.4 Å². The second-order valence-corrected chi connectivity index (χ2v) is 4.39. The first-order chi connectivity index (χ1) is 9.24. The number of hydrogen-bond acceptors (Lipinski definition) is 6. The number of anilines is 2. The van der Waals surface area contributed by atoms with E-state index in [1.165, 1.54) is 6.33 Å². The molecule has 0 spiro atoms. The van der Waals surface area contributed by atoms with Gasteiger partial charge >= 0.3 is 5.97 Å². The van der Waals surface area contributed by atoms with Crippen LogP contribution in [0, 0.1) is 0 Å². The second-order valence-electron chi connectivity index (χ2n) is 4.39. The molecule has 1 saturated heterocycles. The fourth-order valence-corrected chi connectivity index (χ4v) is 1.88. The second kappa shape index (κ2) is 6.89. The zero-order valence-electron chi connectivity index (χ0n) is 10.6. The molecule has 3 N–H and O–H groups in total. The molecule has 7 heteroatoms.